The lowest BCUT2D eigenvalue weighted by atomic mass is 10.1. The van der Waals surface area contributed by atoms with E-state index in [2.05, 4.69) is 0 Å². The molecule has 7 nitrogen and oxygen atoms in total. The predicted octanol–water partition coefficient (Wildman–Crippen LogP) is 0.736. The summed E-state index contributed by atoms with van der Waals surface area (Å²) in [6.07, 6.45) is -1.17. The molecule has 1 aromatic carbocycles. The lowest BCUT2D eigenvalue weighted by Crippen LogP contribution is -2.53. The largest absolute Gasteiger partial charge is 0.479 e. The van der Waals surface area contributed by atoms with Crippen LogP contribution in [0.4, 0.5) is 0 Å². The van der Waals surface area contributed by atoms with Crippen molar-refractivity contribution in [1.82, 2.24) is 9.80 Å². The number of hydrogen-bond donors (Lipinski definition) is 1. The number of carboxylic acids is 1. The van der Waals surface area contributed by atoms with E-state index in [1.807, 2.05) is 30.3 Å². The third-order valence-electron chi connectivity index (χ3n) is 4.63. The molecule has 2 aliphatic heterocycles. The molecule has 0 aliphatic carbocycles. The van der Waals surface area contributed by atoms with Gasteiger partial charge in [-0.25, -0.2) is 4.79 Å². The lowest BCUT2D eigenvalue weighted by molar-refractivity contribution is -0.167. The zero-order valence-electron chi connectivity index (χ0n) is 14.1. The minimum Gasteiger partial charge on any atom is -0.479 e. The average molecular weight is 346 g/mol. The molecule has 0 spiro atoms. The Kier molecular flexibility index (Phi) is 5.03. The third kappa shape index (κ3) is 3.99. The molecule has 2 aliphatic rings. The van der Waals surface area contributed by atoms with E-state index in [1.165, 1.54) is 4.90 Å². The number of rotatable bonds is 4. The summed E-state index contributed by atoms with van der Waals surface area (Å²) in [7, 11) is 0. The van der Waals surface area contributed by atoms with Crippen LogP contribution in [0, 0.1) is 5.92 Å². The highest BCUT2D eigenvalue weighted by molar-refractivity contribution is 5.89. The maximum atomic E-state index is 12.8. The fourth-order valence-corrected chi connectivity index (χ4v) is 3.42. The minimum atomic E-state index is -1.07. The number of amides is 2. The van der Waals surface area contributed by atoms with Gasteiger partial charge in [-0.1, -0.05) is 30.3 Å². The third-order valence-corrected chi connectivity index (χ3v) is 4.63. The van der Waals surface area contributed by atoms with Gasteiger partial charge >= 0.3 is 5.97 Å². The van der Waals surface area contributed by atoms with Crippen LogP contribution < -0.4 is 0 Å². The molecular weight excluding hydrogens is 324 g/mol. The predicted molar refractivity (Wildman–Crippen MR) is 88.5 cm³/mol. The number of benzene rings is 1. The summed E-state index contributed by atoms with van der Waals surface area (Å²) in [5, 5.41) is 9.14. The van der Waals surface area contributed by atoms with Crippen molar-refractivity contribution >= 4 is 17.8 Å². The quantitative estimate of drug-likeness (QED) is 0.869. The Hall–Kier alpha value is -2.41. The minimum absolute atomic E-state index is 0.0296. The second kappa shape index (κ2) is 7.23. The Bertz CT molecular complexity index is 663. The van der Waals surface area contributed by atoms with Crippen LogP contribution in [0.1, 0.15) is 18.9 Å². The van der Waals surface area contributed by atoms with Crippen LogP contribution in [-0.4, -0.2) is 64.5 Å². The Labute approximate surface area is 146 Å². The summed E-state index contributed by atoms with van der Waals surface area (Å²) in [6.45, 7) is 2.99. The Morgan fingerprint density at radius 2 is 1.92 bits per heavy atom. The topological polar surface area (TPSA) is 87.2 Å². The van der Waals surface area contributed by atoms with Crippen molar-refractivity contribution in [1.29, 1.82) is 0 Å². The monoisotopic (exact) mass is 346 g/mol. The van der Waals surface area contributed by atoms with Crippen molar-refractivity contribution in [3.8, 4) is 0 Å². The van der Waals surface area contributed by atoms with Crippen LogP contribution in [0.15, 0.2) is 30.3 Å². The van der Waals surface area contributed by atoms with E-state index in [1.54, 1.807) is 11.8 Å². The van der Waals surface area contributed by atoms with Crippen LogP contribution in [0.3, 0.4) is 0 Å². The first-order valence-corrected chi connectivity index (χ1v) is 8.42. The number of carboxylic acid groups (broad SMARTS) is 1. The molecular formula is C18H22N2O5. The standard InChI is InChI=1S/C18H22N2O5/c1-12-8-20(11-15(25-12)18(23)24)17(22)14-7-16(21)19(10-14)9-13-5-3-2-4-6-13/h2-6,12,14-15H,7-11H2,1H3,(H,23,24)/t12-,14?,15?/m1/s1. The van der Waals surface area contributed by atoms with Gasteiger partial charge in [0.25, 0.3) is 0 Å². The first kappa shape index (κ1) is 17.4. The van der Waals surface area contributed by atoms with E-state index in [4.69, 9.17) is 9.84 Å². The number of nitrogens with zero attached hydrogens (tertiary/aromatic N) is 2. The molecule has 3 atom stereocenters. The second-order valence-electron chi connectivity index (χ2n) is 6.68. The molecule has 0 bridgehead atoms. The van der Waals surface area contributed by atoms with Gasteiger partial charge in [0.05, 0.1) is 18.6 Å². The highest BCUT2D eigenvalue weighted by Gasteiger charge is 2.40. The zero-order chi connectivity index (χ0) is 18.0. The summed E-state index contributed by atoms with van der Waals surface area (Å²) >= 11 is 0. The average Bonchev–Trinajstić information content (AvgIpc) is 2.95. The smallest absolute Gasteiger partial charge is 0.334 e. The normalized spacial score (nSPS) is 26.8. The molecule has 2 amide bonds. The van der Waals surface area contributed by atoms with Gasteiger partial charge in [-0.05, 0) is 12.5 Å². The maximum Gasteiger partial charge on any atom is 0.334 e. The van der Waals surface area contributed by atoms with Gasteiger partial charge in [0.15, 0.2) is 6.10 Å². The SMILES string of the molecule is C[C@@H]1CN(C(=O)C2CC(=O)N(Cc3ccccc3)C2)CC(C(=O)O)O1. The number of ether oxygens (including phenoxy) is 1. The lowest BCUT2D eigenvalue weighted by Gasteiger charge is -2.36. The molecule has 1 N–H and O–H groups in total. The molecule has 0 aromatic heterocycles. The molecule has 0 saturated carbocycles. The summed E-state index contributed by atoms with van der Waals surface area (Å²) < 4.78 is 5.34. The highest BCUT2D eigenvalue weighted by Crippen LogP contribution is 2.24. The molecule has 0 radical (unpaired) electrons. The maximum absolute atomic E-state index is 12.8. The number of carbonyl (C=O) groups excluding carboxylic acids is 2. The van der Waals surface area contributed by atoms with Crippen LogP contribution in [-0.2, 0) is 25.7 Å². The van der Waals surface area contributed by atoms with Crippen molar-refractivity contribution in [3.63, 3.8) is 0 Å². The van der Waals surface area contributed by atoms with E-state index in [0.717, 1.165) is 5.56 Å². The van der Waals surface area contributed by atoms with Crippen LogP contribution in [0.2, 0.25) is 0 Å². The number of hydrogen-bond acceptors (Lipinski definition) is 4. The van der Waals surface area contributed by atoms with Gasteiger partial charge in [0, 0.05) is 26.1 Å². The Morgan fingerprint density at radius 3 is 2.60 bits per heavy atom. The van der Waals surface area contributed by atoms with E-state index >= 15 is 0 Å². The molecule has 1 aromatic rings. The number of likely N-dealkylation sites (tertiary alicyclic amines) is 1. The molecule has 2 unspecified atom stereocenters. The van der Waals surface area contributed by atoms with Crippen molar-refractivity contribution in [2.24, 2.45) is 5.92 Å². The number of carbonyl (C=O) groups is 3. The zero-order valence-corrected chi connectivity index (χ0v) is 14.1. The first-order valence-electron chi connectivity index (χ1n) is 8.42. The summed E-state index contributed by atoms with van der Waals surface area (Å²) in [5.74, 6) is -1.70. The molecule has 134 valence electrons. The summed E-state index contributed by atoms with van der Waals surface area (Å²) in [5.41, 5.74) is 1.02. The van der Waals surface area contributed by atoms with Gasteiger partial charge in [-0.15, -0.1) is 0 Å². The number of aliphatic carboxylic acids is 1. The van der Waals surface area contributed by atoms with Crippen LogP contribution >= 0.6 is 0 Å². The van der Waals surface area contributed by atoms with Gasteiger partial charge in [0.2, 0.25) is 11.8 Å². The molecule has 3 rings (SSSR count). The van der Waals surface area contributed by atoms with Gasteiger partial charge in [-0.3, -0.25) is 9.59 Å². The van der Waals surface area contributed by atoms with Gasteiger partial charge in [-0.2, -0.15) is 0 Å². The number of morpholine rings is 1. The molecule has 2 fully saturated rings. The molecule has 2 saturated heterocycles. The molecule has 2 heterocycles. The fourth-order valence-electron chi connectivity index (χ4n) is 3.42. The van der Waals surface area contributed by atoms with E-state index in [0.29, 0.717) is 19.6 Å². The second-order valence-corrected chi connectivity index (χ2v) is 6.68. The van der Waals surface area contributed by atoms with Crippen molar-refractivity contribution in [2.45, 2.75) is 32.1 Å². The van der Waals surface area contributed by atoms with Gasteiger partial charge < -0.3 is 19.6 Å². The molecule has 25 heavy (non-hydrogen) atoms. The highest BCUT2D eigenvalue weighted by atomic mass is 16.5. The Morgan fingerprint density at radius 1 is 1.20 bits per heavy atom. The van der Waals surface area contributed by atoms with Crippen molar-refractivity contribution in [3.05, 3.63) is 35.9 Å². The van der Waals surface area contributed by atoms with E-state index in [9.17, 15) is 14.4 Å². The first-order chi connectivity index (χ1) is 11.9. The van der Waals surface area contributed by atoms with Gasteiger partial charge in [0.1, 0.15) is 0 Å². The fraction of sp³-hybridized carbons (Fsp3) is 0.500. The summed E-state index contributed by atoms with van der Waals surface area (Å²) in [4.78, 5) is 39.4. The van der Waals surface area contributed by atoms with Crippen molar-refractivity contribution in [2.75, 3.05) is 19.6 Å². The Balaban J connectivity index is 1.63. The van der Waals surface area contributed by atoms with E-state index < -0.39 is 18.0 Å². The van der Waals surface area contributed by atoms with Crippen LogP contribution in [0.25, 0.3) is 0 Å². The summed E-state index contributed by atoms with van der Waals surface area (Å²) in [6, 6.07) is 9.65. The van der Waals surface area contributed by atoms with E-state index in [-0.39, 0.29) is 30.9 Å². The van der Waals surface area contributed by atoms with Crippen molar-refractivity contribution < 1.29 is 24.2 Å². The van der Waals surface area contributed by atoms with Crippen LogP contribution in [0.5, 0.6) is 0 Å². The molecule has 7 heteroatoms.